The quantitative estimate of drug-likeness (QED) is 0.221. The number of rotatable bonds is 10. The number of pyridine rings is 1. The number of benzene rings is 3. The van der Waals surface area contributed by atoms with Crippen LogP contribution in [0.3, 0.4) is 0 Å². The van der Waals surface area contributed by atoms with Gasteiger partial charge in [-0.15, -0.1) is 0 Å². The van der Waals surface area contributed by atoms with E-state index in [0.717, 1.165) is 83.6 Å². The smallest absolute Gasteiger partial charge is 0.231 e. The number of methoxy groups -OCH3 is 1. The molecule has 0 amide bonds. The topological polar surface area (TPSA) is 74.8 Å². The van der Waals surface area contributed by atoms with Crippen molar-refractivity contribution in [3.63, 3.8) is 0 Å². The second-order valence-corrected chi connectivity index (χ2v) is 10.9. The zero-order valence-electron chi connectivity index (χ0n) is 23.7. The first-order valence-electron chi connectivity index (χ1n) is 14.0. The largest absolute Gasteiger partial charge is 1.00 e. The Bertz CT molecular complexity index is 1730. The lowest BCUT2D eigenvalue weighted by atomic mass is 9.95. The number of nitrogens with zero attached hydrogens (tertiary/aromatic N) is 5. The van der Waals surface area contributed by atoms with Crippen molar-refractivity contribution in [1.82, 2.24) is 19.7 Å². The summed E-state index contributed by atoms with van der Waals surface area (Å²) in [5.41, 5.74) is 4.79. The van der Waals surface area contributed by atoms with Gasteiger partial charge in [-0.1, -0.05) is 23.7 Å². The first-order chi connectivity index (χ1) is 20.6. The summed E-state index contributed by atoms with van der Waals surface area (Å²) in [7, 11) is 1.68. The molecule has 0 N–H and O–H groups in total. The lowest BCUT2D eigenvalue weighted by molar-refractivity contribution is -0.686. The van der Waals surface area contributed by atoms with Gasteiger partial charge >= 0.3 is 0 Å². The summed E-state index contributed by atoms with van der Waals surface area (Å²) >= 11 is 6.12. The third-order valence-electron chi connectivity index (χ3n) is 7.88. The minimum atomic E-state index is 0. The SMILES string of the molecule is COc1ccc2cc3[n+](cc2c1OCCN(CCn1cncn1)Cc1ccc(Cl)cc1)CCc1cc2c(cc1-3)OCO2.[Cl-]. The van der Waals surface area contributed by atoms with Crippen molar-refractivity contribution in [1.29, 1.82) is 0 Å². The number of fused-ring (bicyclic) bond motifs is 5. The predicted octanol–water partition coefficient (Wildman–Crippen LogP) is 1.92. The highest BCUT2D eigenvalue weighted by Gasteiger charge is 2.28. The van der Waals surface area contributed by atoms with Crippen molar-refractivity contribution >= 4 is 22.4 Å². The van der Waals surface area contributed by atoms with Gasteiger partial charge in [0.05, 0.1) is 24.6 Å². The molecule has 2 aliphatic rings. The standard InChI is InChI=1S/C32H31ClN5O4.ClH/c1-39-29-7-4-23-14-28-26-16-31-30(41-21-42-31)15-24(26)8-9-37(28)18-27(23)32(29)40-13-12-36(10-11-38-20-34-19-35-38)17-22-2-5-25(33)6-3-22;/h2-7,14-16,18-20H,8-13,17,21H2,1H3;1H/q+1;/p-1. The first kappa shape index (κ1) is 29.0. The maximum absolute atomic E-state index is 6.51. The van der Waals surface area contributed by atoms with Gasteiger partial charge in [0.2, 0.25) is 12.5 Å². The van der Waals surface area contributed by atoms with E-state index < -0.39 is 0 Å². The van der Waals surface area contributed by atoms with Crippen LogP contribution in [0.15, 0.2) is 73.4 Å². The van der Waals surface area contributed by atoms with Crippen LogP contribution in [0.1, 0.15) is 11.1 Å². The Hall–Kier alpha value is -4.05. The average Bonchev–Trinajstić information content (AvgIpc) is 3.71. The maximum Gasteiger partial charge on any atom is 0.231 e. The summed E-state index contributed by atoms with van der Waals surface area (Å²) in [4.78, 5) is 6.42. The summed E-state index contributed by atoms with van der Waals surface area (Å²) in [6, 6.07) is 18.5. The van der Waals surface area contributed by atoms with Gasteiger partial charge in [-0.05, 0) is 52.9 Å². The van der Waals surface area contributed by atoms with E-state index in [0.29, 0.717) is 6.61 Å². The fourth-order valence-electron chi connectivity index (χ4n) is 5.69. The summed E-state index contributed by atoms with van der Waals surface area (Å²) in [6.07, 6.45) is 6.40. The molecule has 222 valence electrons. The Morgan fingerprint density at radius 1 is 1.05 bits per heavy atom. The van der Waals surface area contributed by atoms with Crippen LogP contribution < -0.4 is 35.9 Å². The van der Waals surface area contributed by atoms with E-state index in [-0.39, 0.29) is 19.2 Å². The Morgan fingerprint density at radius 2 is 1.88 bits per heavy atom. The number of aromatic nitrogens is 4. The summed E-state index contributed by atoms with van der Waals surface area (Å²) in [5, 5.41) is 7.10. The molecule has 7 rings (SSSR count). The Kier molecular flexibility index (Phi) is 8.56. The monoisotopic (exact) mass is 619 g/mol. The van der Waals surface area contributed by atoms with Gasteiger partial charge in [-0.25, -0.2) is 4.98 Å². The number of halogens is 2. The number of aryl methyl sites for hydroxylation is 2. The molecular weight excluding hydrogens is 589 g/mol. The zero-order valence-corrected chi connectivity index (χ0v) is 25.2. The highest BCUT2D eigenvalue weighted by Crippen LogP contribution is 2.41. The number of hydrogen-bond donors (Lipinski definition) is 0. The predicted molar refractivity (Wildman–Crippen MR) is 158 cm³/mol. The normalized spacial score (nSPS) is 13.0. The van der Waals surface area contributed by atoms with E-state index in [2.05, 4.69) is 62.1 Å². The average molecular weight is 621 g/mol. The molecule has 0 bridgehead atoms. The highest BCUT2D eigenvalue weighted by atomic mass is 35.5. The molecule has 0 fully saturated rings. The second-order valence-electron chi connectivity index (χ2n) is 10.5. The first-order valence-corrected chi connectivity index (χ1v) is 14.4. The molecule has 2 aliphatic heterocycles. The van der Waals surface area contributed by atoms with E-state index in [1.807, 2.05) is 22.9 Å². The zero-order chi connectivity index (χ0) is 28.5. The fourth-order valence-corrected chi connectivity index (χ4v) is 5.82. The molecule has 0 saturated carbocycles. The van der Waals surface area contributed by atoms with Crippen molar-refractivity contribution in [2.75, 3.05) is 33.6 Å². The van der Waals surface area contributed by atoms with Gasteiger partial charge in [0.1, 0.15) is 19.3 Å². The van der Waals surface area contributed by atoms with Crippen molar-refractivity contribution in [3.8, 4) is 34.3 Å². The summed E-state index contributed by atoms with van der Waals surface area (Å²) in [6.45, 7) is 4.64. The lowest BCUT2D eigenvalue weighted by Crippen LogP contribution is -3.00. The minimum Gasteiger partial charge on any atom is -1.00 e. The van der Waals surface area contributed by atoms with Crippen LogP contribution in [0.4, 0.5) is 0 Å². The molecule has 0 aliphatic carbocycles. The fraction of sp³-hybridized carbons (Fsp3) is 0.281. The van der Waals surface area contributed by atoms with Gasteiger partial charge in [0, 0.05) is 37.1 Å². The van der Waals surface area contributed by atoms with Crippen molar-refractivity contribution < 1.29 is 35.9 Å². The molecule has 11 heteroatoms. The van der Waals surface area contributed by atoms with Crippen LogP contribution >= 0.6 is 11.6 Å². The van der Waals surface area contributed by atoms with E-state index in [9.17, 15) is 0 Å². The Morgan fingerprint density at radius 3 is 2.67 bits per heavy atom. The molecule has 0 atom stereocenters. The van der Waals surface area contributed by atoms with Crippen LogP contribution in [0.2, 0.25) is 5.02 Å². The molecule has 4 heterocycles. The van der Waals surface area contributed by atoms with E-state index in [4.69, 9.17) is 30.5 Å². The van der Waals surface area contributed by atoms with E-state index in [1.54, 1.807) is 19.8 Å². The Balaban J connectivity index is 0.00000329. The third kappa shape index (κ3) is 6.06. The lowest BCUT2D eigenvalue weighted by Gasteiger charge is -2.23. The van der Waals surface area contributed by atoms with Crippen LogP contribution in [0, 0.1) is 0 Å². The van der Waals surface area contributed by atoms with Gasteiger partial charge < -0.3 is 31.4 Å². The van der Waals surface area contributed by atoms with Crippen LogP contribution in [-0.4, -0.2) is 53.3 Å². The second kappa shape index (κ2) is 12.7. The highest BCUT2D eigenvalue weighted by molar-refractivity contribution is 6.30. The van der Waals surface area contributed by atoms with Crippen LogP contribution in [0.25, 0.3) is 22.0 Å². The number of hydrogen-bond acceptors (Lipinski definition) is 7. The van der Waals surface area contributed by atoms with Gasteiger partial charge in [0.25, 0.3) is 0 Å². The summed E-state index contributed by atoms with van der Waals surface area (Å²) < 4.78 is 27.7. The summed E-state index contributed by atoms with van der Waals surface area (Å²) in [5.74, 6) is 3.10. The molecular formula is C32H31Cl2N5O4. The molecule has 3 aromatic carbocycles. The molecule has 9 nitrogen and oxygen atoms in total. The van der Waals surface area contributed by atoms with Crippen LogP contribution in [0.5, 0.6) is 23.0 Å². The van der Waals surface area contributed by atoms with Gasteiger partial charge in [-0.2, -0.15) is 9.67 Å². The van der Waals surface area contributed by atoms with Gasteiger partial charge in [0.15, 0.2) is 35.7 Å². The van der Waals surface area contributed by atoms with Gasteiger partial charge in [-0.3, -0.25) is 9.58 Å². The Labute approximate surface area is 260 Å². The number of ether oxygens (including phenoxy) is 4. The molecule has 43 heavy (non-hydrogen) atoms. The molecule has 5 aromatic rings. The maximum atomic E-state index is 6.51. The molecule has 0 saturated heterocycles. The van der Waals surface area contributed by atoms with Crippen LogP contribution in [-0.2, 0) is 26.1 Å². The van der Waals surface area contributed by atoms with E-state index >= 15 is 0 Å². The van der Waals surface area contributed by atoms with Crippen molar-refractivity contribution in [2.45, 2.75) is 26.1 Å². The minimum absolute atomic E-state index is 0. The molecule has 0 spiro atoms. The van der Waals surface area contributed by atoms with Crippen molar-refractivity contribution in [2.24, 2.45) is 0 Å². The van der Waals surface area contributed by atoms with E-state index in [1.165, 1.54) is 16.7 Å². The molecule has 0 unspecified atom stereocenters. The van der Waals surface area contributed by atoms with Crippen molar-refractivity contribution in [3.05, 3.63) is 89.6 Å². The molecule has 0 radical (unpaired) electrons. The molecule has 2 aromatic heterocycles. The third-order valence-corrected chi connectivity index (χ3v) is 8.13.